The second-order valence-corrected chi connectivity index (χ2v) is 5.79. The van der Waals surface area contributed by atoms with Crippen molar-refractivity contribution in [2.24, 2.45) is 0 Å². The number of hydrogen-bond donors (Lipinski definition) is 1. The standard InChI is InChI=1S/C11H18N2O2S/c1-10(12-16(3,14)15)9-13(2)11-7-5-4-6-8-11/h4-8,10,12H,9H2,1-3H3/t10-/m0/s1. The van der Waals surface area contributed by atoms with E-state index in [2.05, 4.69) is 4.72 Å². The van der Waals surface area contributed by atoms with E-state index in [-0.39, 0.29) is 6.04 Å². The quantitative estimate of drug-likeness (QED) is 0.840. The number of nitrogens with one attached hydrogen (secondary N) is 1. The fourth-order valence-electron chi connectivity index (χ4n) is 1.60. The van der Waals surface area contributed by atoms with E-state index in [1.54, 1.807) is 0 Å². The lowest BCUT2D eigenvalue weighted by atomic mass is 10.2. The first-order valence-corrected chi connectivity index (χ1v) is 7.01. The monoisotopic (exact) mass is 242 g/mol. The molecule has 0 fully saturated rings. The summed E-state index contributed by atoms with van der Waals surface area (Å²) in [5, 5.41) is 0. The van der Waals surface area contributed by atoms with Crippen molar-refractivity contribution in [3.05, 3.63) is 30.3 Å². The maximum absolute atomic E-state index is 11.0. The molecule has 0 aromatic heterocycles. The minimum Gasteiger partial charge on any atom is -0.373 e. The van der Waals surface area contributed by atoms with Crippen LogP contribution in [0.3, 0.4) is 0 Å². The van der Waals surface area contributed by atoms with Gasteiger partial charge in [-0.15, -0.1) is 0 Å². The van der Waals surface area contributed by atoms with Gasteiger partial charge in [-0.25, -0.2) is 13.1 Å². The van der Waals surface area contributed by atoms with Gasteiger partial charge in [0.15, 0.2) is 0 Å². The molecular weight excluding hydrogens is 224 g/mol. The van der Waals surface area contributed by atoms with E-state index in [0.717, 1.165) is 5.69 Å². The van der Waals surface area contributed by atoms with E-state index in [9.17, 15) is 8.42 Å². The zero-order valence-electron chi connectivity index (χ0n) is 9.84. The maximum Gasteiger partial charge on any atom is 0.209 e. The summed E-state index contributed by atoms with van der Waals surface area (Å²) in [4.78, 5) is 2.02. The van der Waals surface area contributed by atoms with Crippen molar-refractivity contribution in [2.45, 2.75) is 13.0 Å². The first kappa shape index (κ1) is 13.0. The van der Waals surface area contributed by atoms with Gasteiger partial charge in [-0.05, 0) is 19.1 Å². The summed E-state index contributed by atoms with van der Waals surface area (Å²) < 4.78 is 24.6. The molecule has 5 heteroatoms. The molecule has 1 aromatic carbocycles. The van der Waals surface area contributed by atoms with Gasteiger partial charge < -0.3 is 4.90 Å². The van der Waals surface area contributed by atoms with E-state index in [4.69, 9.17) is 0 Å². The van der Waals surface area contributed by atoms with Crippen LogP contribution in [0.2, 0.25) is 0 Å². The Morgan fingerprint density at radius 2 is 1.88 bits per heavy atom. The van der Waals surface area contributed by atoms with E-state index < -0.39 is 10.0 Å². The van der Waals surface area contributed by atoms with E-state index in [1.165, 1.54) is 6.26 Å². The third kappa shape index (κ3) is 4.63. The molecule has 0 saturated carbocycles. The summed E-state index contributed by atoms with van der Waals surface area (Å²) in [6.07, 6.45) is 1.17. The smallest absolute Gasteiger partial charge is 0.209 e. The predicted octanol–water partition coefficient (Wildman–Crippen LogP) is 1.06. The second kappa shape index (κ2) is 5.32. The van der Waals surface area contributed by atoms with Gasteiger partial charge in [0.05, 0.1) is 6.26 Å². The summed E-state index contributed by atoms with van der Waals surface area (Å²) in [6, 6.07) is 9.75. The van der Waals surface area contributed by atoms with Gasteiger partial charge in [-0.3, -0.25) is 0 Å². The lowest BCUT2D eigenvalue weighted by Gasteiger charge is -2.23. The molecule has 0 saturated heterocycles. The summed E-state index contributed by atoms with van der Waals surface area (Å²) in [6.45, 7) is 2.48. The Balaban J connectivity index is 2.55. The molecule has 1 rings (SSSR count). The lowest BCUT2D eigenvalue weighted by Crippen LogP contribution is -2.40. The van der Waals surface area contributed by atoms with Crippen LogP contribution in [0.1, 0.15) is 6.92 Å². The van der Waals surface area contributed by atoms with Gasteiger partial charge in [-0.2, -0.15) is 0 Å². The second-order valence-electron chi connectivity index (χ2n) is 4.01. The lowest BCUT2D eigenvalue weighted by molar-refractivity contribution is 0.565. The molecular formula is C11H18N2O2S. The number of hydrogen-bond acceptors (Lipinski definition) is 3. The molecule has 0 unspecified atom stereocenters. The first-order valence-electron chi connectivity index (χ1n) is 5.12. The Labute approximate surface area is 97.3 Å². The molecule has 0 aliphatic rings. The number of likely N-dealkylation sites (N-methyl/N-ethyl adjacent to an activating group) is 1. The molecule has 16 heavy (non-hydrogen) atoms. The van der Waals surface area contributed by atoms with Crippen molar-refractivity contribution < 1.29 is 8.42 Å². The van der Waals surface area contributed by atoms with Crippen LogP contribution in [0.25, 0.3) is 0 Å². The number of benzene rings is 1. The average molecular weight is 242 g/mol. The topological polar surface area (TPSA) is 49.4 Å². The zero-order valence-corrected chi connectivity index (χ0v) is 10.7. The van der Waals surface area contributed by atoms with Crippen LogP contribution in [-0.2, 0) is 10.0 Å². The van der Waals surface area contributed by atoms with Gasteiger partial charge in [0.25, 0.3) is 0 Å². The summed E-state index contributed by atoms with van der Waals surface area (Å²) in [7, 11) is -1.19. The number of sulfonamides is 1. The summed E-state index contributed by atoms with van der Waals surface area (Å²) in [5.74, 6) is 0. The van der Waals surface area contributed by atoms with Crippen molar-refractivity contribution >= 4 is 15.7 Å². The van der Waals surface area contributed by atoms with E-state index in [1.807, 2.05) is 49.2 Å². The molecule has 1 atom stereocenters. The Morgan fingerprint density at radius 3 is 2.38 bits per heavy atom. The predicted molar refractivity (Wildman–Crippen MR) is 67.2 cm³/mol. The highest BCUT2D eigenvalue weighted by atomic mass is 32.2. The molecule has 1 aromatic rings. The highest BCUT2D eigenvalue weighted by Crippen LogP contribution is 2.10. The van der Waals surface area contributed by atoms with Gasteiger partial charge in [0.2, 0.25) is 10.0 Å². The summed E-state index contributed by atoms with van der Waals surface area (Å²) >= 11 is 0. The minimum absolute atomic E-state index is 0.111. The molecule has 0 heterocycles. The summed E-state index contributed by atoms with van der Waals surface area (Å²) in [5.41, 5.74) is 1.07. The highest BCUT2D eigenvalue weighted by molar-refractivity contribution is 7.88. The zero-order chi connectivity index (χ0) is 12.2. The van der Waals surface area contributed by atoms with Crippen LogP contribution >= 0.6 is 0 Å². The molecule has 1 N–H and O–H groups in total. The van der Waals surface area contributed by atoms with Crippen molar-refractivity contribution in [1.82, 2.24) is 4.72 Å². The SMILES string of the molecule is C[C@@H](CN(C)c1ccccc1)NS(C)(=O)=O. The minimum atomic E-state index is -3.13. The molecule has 0 aliphatic carbocycles. The highest BCUT2D eigenvalue weighted by Gasteiger charge is 2.11. The van der Waals surface area contributed by atoms with E-state index in [0.29, 0.717) is 6.54 Å². The van der Waals surface area contributed by atoms with Gasteiger partial charge in [0.1, 0.15) is 0 Å². The molecule has 0 amide bonds. The van der Waals surface area contributed by atoms with Crippen molar-refractivity contribution in [3.8, 4) is 0 Å². The average Bonchev–Trinajstić information content (AvgIpc) is 2.16. The third-order valence-corrected chi connectivity index (χ3v) is 2.99. The van der Waals surface area contributed by atoms with Crippen molar-refractivity contribution in [3.63, 3.8) is 0 Å². The number of para-hydroxylation sites is 1. The third-order valence-electron chi connectivity index (χ3n) is 2.16. The molecule has 0 spiro atoms. The van der Waals surface area contributed by atoms with Crippen molar-refractivity contribution in [1.29, 1.82) is 0 Å². The molecule has 0 radical (unpaired) electrons. The molecule has 90 valence electrons. The van der Waals surface area contributed by atoms with Crippen LogP contribution in [0.15, 0.2) is 30.3 Å². The maximum atomic E-state index is 11.0. The number of rotatable bonds is 5. The molecule has 4 nitrogen and oxygen atoms in total. The Hall–Kier alpha value is -1.07. The van der Waals surface area contributed by atoms with Crippen LogP contribution < -0.4 is 9.62 Å². The Kier molecular flexibility index (Phi) is 4.32. The van der Waals surface area contributed by atoms with Crippen LogP contribution in [0.5, 0.6) is 0 Å². The van der Waals surface area contributed by atoms with Gasteiger partial charge >= 0.3 is 0 Å². The van der Waals surface area contributed by atoms with Crippen LogP contribution in [-0.4, -0.2) is 34.3 Å². The van der Waals surface area contributed by atoms with Crippen LogP contribution in [0, 0.1) is 0 Å². The molecule has 0 aliphatic heterocycles. The van der Waals surface area contributed by atoms with Crippen molar-refractivity contribution in [2.75, 3.05) is 24.7 Å². The fraction of sp³-hybridized carbons (Fsp3) is 0.455. The van der Waals surface area contributed by atoms with E-state index >= 15 is 0 Å². The number of nitrogens with zero attached hydrogens (tertiary/aromatic N) is 1. The molecule has 0 bridgehead atoms. The number of anilines is 1. The largest absolute Gasteiger partial charge is 0.373 e. The Morgan fingerprint density at radius 1 is 1.31 bits per heavy atom. The fourth-order valence-corrected chi connectivity index (χ4v) is 2.41. The van der Waals surface area contributed by atoms with Crippen LogP contribution in [0.4, 0.5) is 5.69 Å². The Bertz CT molecular complexity index is 417. The first-order chi connectivity index (χ1) is 7.38. The van der Waals surface area contributed by atoms with Gasteiger partial charge in [-0.1, -0.05) is 18.2 Å². The van der Waals surface area contributed by atoms with Gasteiger partial charge in [0, 0.05) is 25.3 Å². The normalized spacial score (nSPS) is 13.4.